The summed E-state index contributed by atoms with van der Waals surface area (Å²) in [7, 11) is 0. The highest BCUT2D eigenvalue weighted by Gasteiger charge is 2.52. The first-order valence-corrected chi connectivity index (χ1v) is 10.6. The van der Waals surface area contributed by atoms with Crippen molar-refractivity contribution in [2.45, 2.75) is 41.5 Å². The minimum Gasteiger partial charge on any atom is -0.245 e. The fourth-order valence-corrected chi connectivity index (χ4v) is 5.17. The van der Waals surface area contributed by atoms with Crippen molar-refractivity contribution >= 4 is 61.4 Å². The van der Waals surface area contributed by atoms with Crippen LogP contribution in [0, 0.1) is 33.1 Å². The molecule has 28 heavy (non-hydrogen) atoms. The van der Waals surface area contributed by atoms with Gasteiger partial charge < -0.3 is 0 Å². The van der Waals surface area contributed by atoms with E-state index in [0.717, 1.165) is 42.6 Å². The maximum atomic E-state index is 13.3. The second-order valence-electron chi connectivity index (χ2n) is 7.87. The summed E-state index contributed by atoms with van der Waals surface area (Å²) in [6.45, 7) is 11.3. The van der Waals surface area contributed by atoms with Crippen molar-refractivity contribution in [3.8, 4) is 0 Å². The topological polar surface area (TPSA) is 40.4 Å². The normalized spacial score (nSPS) is 16.4. The van der Waals surface area contributed by atoms with Crippen LogP contribution < -0.4 is 4.90 Å². The van der Waals surface area contributed by atoms with Gasteiger partial charge in [0, 0.05) is 8.95 Å². The first-order valence-electron chi connectivity index (χ1n) is 9.01. The van der Waals surface area contributed by atoms with Gasteiger partial charge in [-0.15, -0.1) is 0 Å². The van der Waals surface area contributed by atoms with E-state index in [1.807, 2.05) is 52.0 Å². The number of hydrogen-bond donors (Lipinski definition) is 0. The van der Waals surface area contributed by atoms with Gasteiger partial charge in [-0.2, -0.15) is 9.48 Å². The monoisotopic (exact) mass is 505 g/mol. The molecule has 3 rings (SSSR count). The van der Waals surface area contributed by atoms with Crippen molar-refractivity contribution in [3.05, 3.63) is 55.5 Å². The average molecular weight is 507 g/mol. The fraction of sp³-hybridized carbons (Fsp3) is 0.318. The highest BCUT2D eigenvalue weighted by atomic mass is 79.9. The van der Waals surface area contributed by atoms with E-state index in [1.54, 1.807) is 29.7 Å². The van der Waals surface area contributed by atoms with Crippen molar-refractivity contribution in [2.24, 2.45) is 5.41 Å². The molecule has 1 aliphatic rings. The summed E-state index contributed by atoms with van der Waals surface area (Å²) in [5, 5.41) is 0. The molecule has 2 aromatic rings. The quantitative estimate of drug-likeness (QED) is 0.386. The Labute approximate surface area is 182 Å². The van der Waals surface area contributed by atoms with Crippen molar-refractivity contribution in [2.75, 3.05) is 4.90 Å². The molecule has 1 heterocycles. The zero-order chi connectivity index (χ0) is 21.0. The van der Waals surface area contributed by atoms with Gasteiger partial charge in [-0.1, -0.05) is 31.9 Å². The van der Waals surface area contributed by atoms with E-state index in [2.05, 4.69) is 31.9 Å². The molecule has 0 radical (unpaired) electrons. The Bertz CT molecular complexity index is 1010. The number of rotatable bonds is 2. The highest BCUT2D eigenvalue weighted by Crippen LogP contribution is 2.37. The number of aryl methyl sites for hydroxylation is 4. The summed E-state index contributed by atoms with van der Waals surface area (Å²) < 4.78 is 3.55. The van der Waals surface area contributed by atoms with E-state index in [1.165, 1.54) is 0 Å². The molecule has 6 heteroatoms. The Balaban J connectivity index is 2.31. The van der Waals surface area contributed by atoms with Crippen LogP contribution >= 0.6 is 31.9 Å². The molecule has 0 saturated carbocycles. The minimum absolute atomic E-state index is 0.227. The van der Waals surface area contributed by atoms with Crippen molar-refractivity contribution in [3.63, 3.8) is 0 Å². The van der Waals surface area contributed by atoms with Crippen LogP contribution in [-0.2, 0) is 9.59 Å². The molecule has 0 saturated heterocycles. The van der Waals surface area contributed by atoms with Gasteiger partial charge in [0.15, 0.2) is 5.41 Å². The molecule has 0 aliphatic carbocycles. The lowest BCUT2D eigenvalue weighted by Gasteiger charge is -2.30. The number of amides is 2. The van der Waals surface area contributed by atoms with Gasteiger partial charge in [-0.25, -0.2) is 9.59 Å². The Hall–Kier alpha value is -1.79. The highest BCUT2D eigenvalue weighted by molar-refractivity contribution is 9.10. The van der Waals surface area contributed by atoms with E-state index in [0.29, 0.717) is 0 Å². The maximum Gasteiger partial charge on any atom is 0.331 e. The Kier molecular flexibility index (Phi) is 5.40. The Morgan fingerprint density at radius 3 is 1.71 bits per heavy atom. The van der Waals surface area contributed by atoms with Gasteiger partial charge in [-0.05, 0) is 88.1 Å². The van der Waals surface area contributed by atoms with Crippen LogP contribution in [0.2, 0.25) is 0 Å². The summed E-state index contributed by atoms with van der Waals surface area (Å²) in [6.07, 6.45) is 1.64. The molecule has 0 aromatic heterocycles. The lowest BCUT2D eigenvalue weighted by Crippen LogP contribution is -2.54. The third-order valence-corrected chi connectivity index (χ3v) is 6.05. The van der Waals surface area contributed by atoms with Gasteiger partial charge in [0.05, 0.1) is 0 Å². The van der Waals surface area contributed by atoms with Crippen LogP contribution in [0.15, 0.2) is 33.2 Å². The van der Waals surface area contributed by atoms with Crippen molar-refractivity contribution in [1.29, 1.82) is 0 Å². The standard InChI is InChI=1S/C22H23Br2N2O2/c1-12-7-16(23)8-13(2)18(12)25-11-26(21(28)22(5,6)20(25)27)19-14(3)9-17(24)10-15(19)4/h7-11H,1-6H3/q+1. The number of nitrogens with zero attached hydrogens (tertiary/aromatic N) is 2. The number of carbonyl (C=O) groups is 2. The van der Waals surface area contributed by atoms with Crippen LogP contribution in [0.3, 0.4) is 0 Å². The van der Waals surface area contributed by atoms with Crippen LogP contribution in [0.5, 0.6) is 0 Å². The first-order chi connectivity index (χ1) is 12.9. The zero-order valence-corrected chi connectivity index (χ0v) is 20.0. The summed E-state index contributed by atoms with van der Waals surface area (Å²) in [5.74, 6) is -0.454. The van der Waals surface area contributed by atoms with Crippen LogP contribution in [-0.4, -0.2) is 22.7 Å². The predicted molar refractivity (Wildman–Crippen MR) is 119 cm³/mol. The zero-order valence-electron chi connectivity index (χ0n) is 16.9. The number of benzene rings is 2. The number of anilines is 1. The number of hydrogen-bond acceptors (Lipinski definition) is 2. The van der Waals surface area contributed by atoms with Crippen LogP contribution in [0.1, 0.15) is 36.1 Å². The second-order valence-corrected chi connectivity index (χ2v) is 9.70. The molecule has 0 N–H and O–H groups in total. The summed E-state index contributed by atoms with van der Waals surface area (Å²) in [5.41, 5.74) is 4.30. The fourth-order valence-electron chi connectivity index (χ4n) is 3.80. The van der Waals surface area contributed by atoms with Gasteiger partial charge in [-0.3, -0.25) is 0 Å². The van der Waals surface area contributed by atoms with Crippen molar-refractivity contribution < 1.29 is 14.2 Å². The van der Waals surface area contributed by atoms with E-state index in [-0.39, 0.29) is 11.8 Å². The average Bonchev–Trinajstić information content (AvgIpc) is 2.55. The molecule has 0 unspecified atom stereocenters. The summed E-state index contributed by atoms with van der Waals surface area (Å²) in [6, 6.07) is 7.92. The van der Waals surface area contributed by atoms with Gasteiger partial charge in [0.2, 0.25) is 0 Å². The SMILES string of the molecule is Cc1cc(Br)cc(C)c1N1C=[N+](c2c(C)cc(Br)cc2C)C(=O)C(C)(C)C1=O. The lowest BCUT2D eigenvalue weighted by molar-refractivity contribution is -0.375. The summed E-state index contributed by atoms with van der Waals surface area (Å²) >= 11 is 7.02. The Morgan fingerprint density at radius 2 is 1.25 bits per heavy atom. The molecular formula is C22H23Br2N2O2+. The number of halogens is 2. The van der Waals surface area contributed by atoms with Gasteiger partial charge in [0.1, 0.15) is 11.4 Å². The van der Waals surface area contributed by atoms with Crippen molar-refractivity contribution in [1.82, 2.24) is 0 Å². The van der Waals surface area contributed by atoms with Gasteiger partial charge >= 0.3 is 11.8 Å². The molecule has 0 spiro atoms. The molecule has 0 bridgehead atoms. The molecule has 146 valence electrons. The van der Waals surface area contributed by atoms with Gasteiger partial charge in [0.25, 0.3) is 6.34 Å². The van der Waals surface area contributed by atoms with E-state index >= 15 is 0 Å². The maximum absolute atomic E-state index is 13.3. The molecule has 2 aromatic carbocycles. The second kappa shape index (κ2) is 7.23. The first kappa shape index (κ1) is 20.9. The third kappa shape index (κ3) is 3.37. The largest absolute Gasteiger partial charge is 0.331 e. The smallest absolute Gasteiger partial charge is 0.245 e. The number of carbonyl (C=O) groups excluding carboxylic acids is 2. The lowest BCUT2D eigenvalue weighted by atomic mass is 9.87. The molecule has 0 atom stereocenters. The molecule has 1 aliphatic heterocycles. The van der Waals surface area contributed by atoms with E-state index in [9.17, 15) is 9.59 Å². The molecule has 0 fully saturated rings. The Morgan fingerprint density at radius 1 is 0.821 bits per heavy atom. The van der Waals surface area contributed by atoms with E-state index in [4.69, 9.17) is 0 Å². The van der Waals surface area contributed by atoms with Crippen LogP contribution in [0.4, 0.5) is 11.4 Å². The molecule has 4 nitrogen and oxygen atoms in total. The van der Waals surface area contributed by atoms with Crippen LogP contribution in [0.25, 0.3) is 0 Å². The van der Waals surface area contributed by atoms with E-state index < -0.39 is 5.41 Å². The predicted octanol–water partition coefficient (Wildman–Crippen LogP) is 5.72. The summed E-state index contributed by atoms with van der Waals surface area (Å²) in [4.78, 5) is 28.2. The molecule has 2 amide bonds. The minimum atomic E-state index is -1.17. The third-order valence-electron chi connectivity index (χ3n) is 5.13. The molecular weight excluding hydrogens is 484 g/mol.